The predicted molar refractivity (Wildman–Crippen MR) is 67.6 cm³/mol. The largest absolute Gasteiger partial charge is 0.393 e. The third kappa shape index (κ3) is 4.28. The van der Waals surface area contributed by atoms with Crippen LogP contribution in [0.1, 0.15) is 12.8 Å². The summed E-state index contributed by atoms with van der Waals surface area (Å²) in [5.74, 6) is -1.96. The lowest BCUT2D eigenvalue weighted by atomic mass is 10.3. The zero-order chi connectivity index (χ0) is 13.8. The SMILES string of the molecule is NC(=S)CCCNS(=O)(=O)c1ccc(F)cc1F. The van der Waals surface area contributed by atoms with Crippen molar-refractivity contribution in [2.75, 3.05) is 6.54 Å². The molecular formula is C10H12F2N2O2S2. The van der Waals surface area contributed by atoms with Gasteiger partial charge in [-0.1, -0.05) is 12.2 Å². The van der Waals surface area contributed by atoms with Crippen molar-refractivity contribution in [3.8, 4) is 0 Å². The Labute approximate surface area is 109 Å². The van der Waals surface area contributed by atoms with E-state index in [0.717, 1.165) is 12.1 Å². The minimum Gasteiger partial charge on any atom is -0.393 e. The zero-order valence-corrected chi connectivity index (χ0v) is 11.0. The lowest BCUT2D eigenvalue weighted by Crippen LogP contribution is -2.26. The maximum absolute atomic E-state index is 13.3. The summed E-state index contributed by atoms with van der Waals surface area (Å²) in [5.41, 5.74) is 5.25. The molecule has 0 saturated carbocycles. The van der Waals surface area contributed by atoms with Gasteiger partial charge in [-0.15, -0.1) is 0 Å². The summed E-state index contributed by atoms with van der Waals surface area (Å²) in [4.78, 5) is -0.304. The van der Waals surface area contributed by atoms with Crippen molar-refractivity contribution in [1.29, 1.82) is 0 Å². The molecule has 4 nitrogen and oxygen atoms in total. The normalized spacial score (nSPS) is 11.4. The van der Waals surface area contributed by atoms with Gasteiger partial charge in [0.05, 0.1) is 4.99 Å². The standard InChI is InChI=1S/C10H12F2N2O2S2/c11-7-3-4-9(8(12)6-7)18(15,16)14-5-1-2-10(13)17/h3-4,6,14H,1-2,5H2,(H2,13,17). The van der Waals surface area contributed by atoms with Crippen LogP contribution in [0.25, 0.3) is 0 Å². The summed E-state index contributed by atoms with van der Waals surface area (Å²) < 4.78 is 51.5. The van der Waals surface area contributed by atoms with Crippen LogP contribution in [0.4, 0.5) is 8.78 Å². The minimum atomic E-state index is -3.98. The fraction of sp³-hybridized carbons (Fsp3) is 0.300. The van der Waals surface area contributed by atoms with E-state index in [1.807, 2.05) is 0 Å². The van der Waals surface area contributed by atoms with Crippen LogP contribution in [-0.4, -0.2) is 20.0 Å². The molecule has 0 unspecified atom stereocenters. The second-order valence-electron chi connectivity index (χ2n) is 3.54. The second-order valence-corrected chi connectivity index (χ2v) is 5.80. The Morgan fingerprint density at radius 2 is 2.06 bits per heavy atom. The maximum Gasteiger partial charge on any atom is 0.243 e. The van der Waals surface area contributed by atoms with Gasteiger partial charge in [0.15, 0.2) is 0 Å². The van der Waals surface area contributed by atoms with Crippen LogP contribution in [0.15, 0.2) is 23.1 Å². The number of halogens is 2. The molecule has 1 rings (SSSR count). The number of nitrogens with one attached hydrogen (secondary N) is 1. The Bertz CT molecular complexity index is 547. The Balaban J connectivity index is 2.71. The molecule has 3 N–H and O–H groups in total. The molecule has 0 bridgehead atoms. The Kier molecular flexibility index (Phi) is 5.12. The van der Waals surface area contributed by atoms with E-state index in [1.54, 1.807) is 0 Å². The average molecular weight is 294 g/mol. The molecule has 0 heterocycles. The van der Waals surface area contributed by atoms with Crippen LogP contribution in [0.5, 0.6) is 0 Å². The molecule has 1 aromatic carbocycles. The first kappa shape index (κ1) is 14.9. The van der Waals surface area contributed by atoms with Crippen molar-refractivity contribution >= 4 is 27.2 Å². The topological polar surface area (TPSA) is 72.2 Å². The Morgan fingerprint density at radius 1 is 1.39 bits per heavy atom. The monoisotopic (exact) mass is 294 g/mol. The molecular weight excluding hydrogens is 282 g/mol. The molecule has 1 aromatic rings. The van der Waals surface area contributed by atoms with Gasteiger partial charge in [-0.25, -0.2) is 21.9 Å². The van der Waals surface area contributed by atoms with Gasteiger partial charge in [0.25, 0.3) is 0 Å². The summed E-state index contributed by atoms with van der Waals surface area (Å²) >= 11 is 4.63. The zero-order valence-electron chi connectivity index (χ0n) is 9.32. The van der Waals surface area contributed by atoms with E-state index in [-0.39, 0.29) is 11.5 Å². The van der Waals surface area contributed by atoms with Gasteiger partial charge in [0.1, 0.15) is 16.5 Å². The summed E-state index contributed by atoms with van der Waals surface area (Å²) in [7, 11) is -3.98. The van der Waals surface area contributed by atoms with Gasteiger partial charge in [-0.05, 0) is 25.0 Å². The van der Waals surface area contributed by atoms with E-state index in [1.165, 1.54) is 0 Å². The summed E-state index contributed by atoms with van der Waals surface area (Å²) in [5, 5.41) is 0. The molecule has 0 aliphatic heterocycles. The highest BCUT2D eigenvalue weighted by atomic mass is 32.2. The van der Waals surface area contributed by atoms with Gasteiger partial charge in [0, 0.05) is 12.6 Å². The Morgan fingerprint density at radius 3 is 2.61 bits per heavy atom. The number of sulfonamides is 1. The molecule has 18 heavy (non-hydrogen) atoms. The molecule has 0 spiro atoms. The number of rotatable bonds is 6. The molecule has 0 fully saturated rings. The molecule has 0 saturated heterocycles. The van der Waals surface area contributed by atoms with Gasteiger partial charge in [-0.2, -0.15) is 0 Å². The summed E-state index contributed by atoms with van der Waals surface area (Å²) in [6, 6.07) is 2.27. The van der Waals surface area contributed by atoms with E-state index in [9.17, 15) is 17.2 Å². The van der Waals surface area contributed by atoms with Crippen molar-refractivity contribution in [3.63, 3.8) is 0 Å². The van der Waals surface area contributed by atoms with Crippen molar-refractivity contribution in [3.05, 3.63) is 29.8 Å². The van der Waals surface area contributed by atoms with Crippen molar-refractivity contribution in [2.45, 2.75) is 17.7 Å². The van der Waals surface area contributed by atoms with E-state index in [0.29, 0.717) is 18.9 Å². The Hall–Kier alpha value is -1.12. The van der Waals surface area contributed by atoms with Crippen LogP contribution < -0.4 is 10.5 Å². The lowest BCUT2D eigenvalue weighted by molar-refractivity contribution is 0.542. The maximum atomic E-state index is 13.3. The van der Waals surface area contributed by atoms with Crippen LogP contribution in [-0.2, 0) is 10.0 Å². The smallest absolute Gasteiger partial charge is 0.243 e. The van der Waals surface area contributed by atoms with E-state index in [4.69, 9.17) is 5.73 Å². The third-order valence-corrected chi connectivity index (χ3v) is 3.77. The van der Waals surface area contributed by atoms with Crippen LogP contribution >= 0.6 is 12.2 Å². The van der Waals surface area contributed by atoms with E-state index >= 15 is 0 Å². The van der Waals surface area contributed by atoms with Gasteiger partial charge in [-0.3, -0.25) is 0 Å². The van der Waals surface area contributed by atoms with Crippen molar-refractivity contribution < 1.29 is 17.2 Å². The lowest BCUT2D eigenvalue weighted by Gasteiger charge is -2.07. The molecule has 8 heteroatoms. The average Bonchev–Trinajstić information content (AvgIpc) is 2.23. The van der Waals surface area contributed by atoms with Gasteiger partial charge >= 0.3 is 0 Å². The molecule has 0 aliphatic rings. The van der Waals surface area contributed by atoms with E-state index < -0.39 is 26.6 Å². The molecule has 0 atom stereocenters. The van der Waals surface area contributed by atoms with Gasteiger partial charge < -0.3 is 5.73 Å². The highest BCUT2D eigenvalue weighted by Crippen LogP contribution is 2.15. The number of hydrogen-bond acceptors (Lipinski definition) is 3. The fourth-order valence-electron chi connectivity index (χ4n) is 1.24. The predicted octanol–water partition coefficient (Wildman–Crippen LogP) is 1.31. The first-order valence-electron chi connectivity index (χ1n) is 5.06. The summed E-state index contributed by atoms with van der Waals surface area (Å²) in [6.45, 7) is 0.0799. The van der Waals surface area contributed by atoms with Crippen molar-refractivity contribution in [1.82, 2.24) is 4.72 Å². The highest BCUT2D eigenvalue weighted by Gasteiger charge is 2.18. The van der Waals surface area contributed by atoms with Crippen LogP contribution in [0.3, 0.4) is 0 Å². The first-order valence-corrected chi connectivity index (χ1v) is 6.95. The number of hydrogen-bond donors (Lipinski definition) is 2. The third-order valence-electron chi connectivity index (χ3n) is 2.08. The van der Waals surface area contributed by atoms with Crippen molar-refractivity contribution in [2.24, 2.45) is 5.73 Å². The van der Waals surface area contributed by atoms with Crippen LogP contribution in [0.2, 0.25) is 0 Å². The molecule has 0 radical (unpaired) electrons. The first-order chi connectivity index (χ1) is 8.33. The minimum absolute atomic E-state index is 0.0799. The van der Waals surface area contributed by atoms with E-state index in [2.05, 4.69) is 16.9 Å². The highest BCUT2D eigenvalue weighted by molar-refractivity contribution is 7.89. The molecule has 100 valence electrons. The van der Waals surface area contributed by atoms with Crippen LogP contribution in [0, 0.1) is 11.6 Å². The molecule has 0 aromatic heterocycles. The number of nitrogens with two attached hydrogens (primary N) is 1. The molecule has 0 amide bonds. The number of benzene rings is 1. The fourth-order valence-corrected chi connectivity index (χ4v) is 2.52. The molecule has 0 aliphatic carbocycles. The van der Waals surface area contributed by atoms with Gasteiger partial charge in [0.2, 0.25) is 10.0 Å². The quantitative estimate of drug-likeness (QED) is 0.613. The summed E-state index contributed by atoms with van der Waals surface area (Å²) in [6.07, 6.45) is 0.807. The second kappa shape index (κ2) is 6.17. The number of thiocarbonyl (C=S) groups is 1.